The van der Waals surface area contributed by atoms with Gasteiger partial charge >= 0.3 is 0 Å². The number of amides is 1. The highest BCUT2D eigenvalue weighted by Crippen LogP contribution is 2.66. The minimum Gasteiger partial charge on any atom is -0.504 e. The van der Waals surface area contributed by atoms with Crippen LogP contribution in [0.15, 0.2) is 36.4 Å². The molecule has 2 bridgehead atoms. The quantitative estimate of drug-likeness (QED) is 0.637. The van der Waals surface area contributed by atoms with Crippen LogP contribution in [0.1, 0.15) is 54.4 Å². The SMILES string of the molecule is Cc1ccc(C#CC(=O)N(C)[C@@H]2CC[C@@]3(O)[C@H]4Cc5ccc(O)c6c5[C@@]3(CCN4CC3CC3)[C@H]2O6)cc1. The van der Waals surface area contributed by atoms with Crippen molar-refractivity contribution in [3.05, 3.63) is 58.7 Å². The molecule has 6 nitrogen and oxygen atoms in total. The van der Waals surface area contributed by atoms with Gasteiger partial charge in [-0.25, -0.2) is 0 Å². The summed E-state index contributed by atoms with van der Waals surface area (Å²) in [4.78, 5) is 17.5. The molecule has 0 aromatic heterocycles. The summed E-state index contributed by atoms with van der Waals surface area (Å²) >= 11 is 0. The van der Waals surface area contributed by atoms with E-state index < -0.39 is 17.1 Å². The summed E-state index contributed by atoms with van der Waals surface area (Å²) in [5.41, 5.74) is 2.52. The van der Waals surface area contributed by atoms with Gasteiger partial charge in [-0.3, -0.25) is 9.69 Å². The zero-order valence-corrected chi connectivity index (χ0v) is 21.5. The van der Waals surface area contributed by atoms with E-state index in [1.54, 1.807) is 18.0 Å². The van der Waals surface area contributed by atoms with Crippen molar-refractivity contribution in [3.63, 3.8) is 0 Å². The third-order valence-electron chi connectivity index (χ3n) is 9.91. The molecule has 1 saturated heterocycles. The van der Waals surface area contributed by atoms with Crippen molar-refractivity contribution in [2.24, 2.45) is 5.92 Å². The molecule has 2 N–H and O–H groups in total. The van der Waals surface area contributed by atoms with Crippen molar-refractivity contribution in [3.8, 4) is 23.3 Å². The fourth-order valence-electron chi connectivity index (χ4n) is 7.85. The van der Waals surface area contributed by atoms with Crippen LogP contribution in [0.25, 0.3) is 0 Å². The lowest BCUT2D eigenvalue weighted by Crippen LogP contribution is -2.78. The number of phenolic OH excluding ortho intramolecular Hbond substituents is 1. The summed E-state index contributed by atoms with van der Waals surface area (Å²) in [6.07, 6.45) is 4.90. The van der Waals surface area contributed by atoms with Crippen molar-refractivity contribution in [1.29, 1.82) is 0 Å². The van der Waals surface area contributed by atoms with Crippen LogP contribution in [-0.2, 0) is 16.6 Å². The van der Waals surface area contributed by atoms with E-state index in [0.717, 1.165) is 48.5 Å². The molecule has 2 aromatic carbocycles. The molecule has 1 amide bonds. The maximum Gasteiger partial charge on any atom is 0.298 e. The average Bonchev–Trinajstić information content (AvgIpc) is 3.63. The number of nitrogens with zero attached hydrogens (tertiary/aromatic N) is 2. The van der Waals surface area contributed by atoms with Crippen LogP contribution in [0.4, 0.5) is 0 Å². The number of piperidine rings is 1. The number of aryl methyl sites for hydroxylation is 1. The highest BCUT2D eigenvalue weighted by atomic mass is 16.5. The smallest absolute Gasteiger partial charge is 0.298 e. The Morgan fingerprint density at radius 2 is 1.95 bits per heavy atom. The van der Waals surface area contributed by atoms with E-state index in [4.69, 9.17) is 4.74 Å². The van der Waals surface area contributed by atoms with Crippen LogP contribution in [0, 0.1) is 24.7 Å². The Morgan fingerprint density at radius 3 is 2.70 bits per heavy atom. The molecule has 3 fully saturated rings. The number of hydrogen-bond donors (Lipinski definition) is 2. The number of rotatable bonds is 3. The van der Waals surface area contributed by atoms with Gasteiger partial charge in [-0.15, -0.1) is 0 Å². The third kappa shape index (κ3) is 3.23. The van der Waals surface area contributed by atoms with E-state index in [1.807, 2.05) is 37.3 Å². The van der Waals surface area contributed by atoms with Gasteiger partial charge in [0.25, 0.3) is 5.91 Å². The standard InChI is InChI=1S/C31H34N2O4/c1-19-3-5-20(6-4-19)9-12-26(35)32(2)23-13-14-31(36)25-17-22-10-11-24(34)28-27(22)30(31,29(23)37-28)15-16-33(25)18-21-7-8-21/h3-6,10-11,21,23,25,29,34,36H,7-8,13-18H2,1-2H3/t23-,25-,29+,30+,31-/m1/s1. The molecule has 5 aliphatic rings. The maximum atomic E-state index is 13.3. The number of carbonyl (C=O) groups is 1. The second kappa shape index (κ2) is 7.99. The Labute approximate surface area is 218 Å². The Morgan fingerprint density at radius 1 is 1.16 bits per heavy atom. The number of phenols is 1. The molecule has 0 radical (unpaired) electrons. The van der Waals surface area contributed by atoms with E-state index in [1.165, 1.54) is 18.4 Å². The van der Waals surface area contributed by atoms with Gasteiger partial charge in [0.15, 0.2) is 11.5 Å². The summed E-state index contributed by atoms with van der Waals surface area (Å²) in [6, 6.07) is 11.4. The van der Waals surface area contributed by atoms with E-state index in [9.17, 15) is 15.0 Å². The molecule has 2 heterocycles. The lowest BCUT2D eigenvalue weighted by atomic mass is 9.48. The first-order valence-electron chi connectivity index (χ1n) is 13.7. The van der Waals surface area contributed by atoms with Gasteiger partial charge in [-0.1, -0.05) is 29.7 Å². The molecule has 6 heteroatoms. The van der Waals surface area contributed by atoms with Gasteiger partial charge in [-0.2, -0.15) is 0 Å². The number of likely N-dealkylation sites (tertiary alicyclic amines) is 1. The highest BCUT2D eigenvalue weighted by Gasteiger charge is 2.73. The van der Waals surface area contributed by atoms with Crippen molar-refractivity contribution in [2.75, 3.05) is 20.1 Å². The number of aliphatic hydroxyl groups is 1. The topological polar surface area (TPSA) is 73.2 Å². The molecule has 7 rings (SSSR count). The number of hydrogen-bond acceptors (Lipinski definition) is 5. The van der Waals surface area contributed by atoms with Gasteiger partial charge in [0, 0.05) is 36.7 Å². The number of benzene rings is 2. The minimum absolute atomic E-state index is 0.0271. The van der Waals surface area contributed by atoms with Crippen LogP contribution in [0.3, 0.4) is 0 Å². The summed E-state index contributed by atoms with van der Waals surface area (Å²) in [5.74, 6) is 6.95. The molecule has 192 valence electrons. The molecule has 3 aliphatic carbocycles. The Bertz CT molecular complexity index is 1340. The van der Waals surface area contributed by atoms with Gasteiger partial charge in [0.1, 0.15) is 6.10 Å². The number of carbonyl (C=O) groups excluding carboxylic acids is 1. The first kappa shape index (κ1) is 23.1. The highest BCUT2D eigenvalue weighted by molar-refractivity contribution is 5.94. The summed E-state index contributed by atoms with van der Waals surface area (Å²) in [7, 11) is 1.80. The lowest BCUT2D eigenvalue weighted by molar-refractivity contribution is -0.199. The Kier molecular flexibility index (Phi) is 5.00. The second-order valence-electron chi connectivity index (χ2n) is 11.9. The molecule has 37 heavy (non-hydrogen) atoms. The number of likely N-dealkylation sites (N-methyl/N-ethyl adjacent to an activating group) is 1. The molecule has 1 spiro atoms. The largest absolute Gasteiger partial charge is 0.504 e. The Balaban J connectivity index is 1.25. The number of ether oxygens (including phenoxy) is 1. The zero-order chi connectivity index (χ0) is 25.5. The molecule has 2 aromatic rings. The third-order valence-corrected chi connectivity index (χ3v) is 9.91. The minimum atomic E-state index is -0.954. The van der Waals surface area contributed by atoms with Crippen LogP contribution in [0.5, 0.6) is 11.5 Å². The van der Waals surface area contributed by atoms with Crippen molar-refractivity contribution in [2.45, 2.75) is 74.7 Å². The summed E-state index contributed by atoms with van der Waals surface area (Å²) < 4.78 is 6.59. The van der Waals surface area contributed by atoms with Crippen LogP contribution in [0.2, 0.25) is 0 Å². The predicted molar refractivity (Wildman–Crippen MR) is 139 cm³/mol. The van der Waals surface area contributed by atoms with Crippen LogP contribution < -0.4 is 4.74 Å². The fraction of sp³-hybridized carbons (Fsp3) is 0.516. The van der Waals surface area contributed by atoms with Crippen LogP contribution in [-0.4, -0.2) is 69.8 Å². The molecule has 2 saturated carbocycles. The van der Waals surface area contributed by atoms with Gasteiger partial charge in [0.2, 0.25) is 0 Å². The average molecular weight is 499 g/mol. The van der Waals surface area contributed by atoms with E-state index in [-0.39, 0.29) is 23.7 Å². The summed E-state index contributed by atoms with van der Waals surface area (Å²) in [5, 5.41) is 23.4. The summed E-state index contributed by atoms with van der Waals surface area (Å²) in [6.45, 7) is 3.97. The monoisotopic (exact) mass is 498 g/mol. The molecule has 2 aliphatic heterocycles. The first-order chi connectivity index (χ1) is 17.8. The second-order valence-corrected chi connectivity index (χ2v) is 11.9. The van der Waals surface area contributed by atoms with Gasteiger partial charge in [-0.05, 0) is 81.7 Å². The van der Waals surface area contributed by atoms with Crippen LogP contribution >= 0.6 is 0 Å². The number of aromatic hydroxyl groups is 1. The zero-order valence-electron chi connectivity index (χ0n) is 21.5. The van der Waals surface area contributed by atoms with E-state index in [2.05, 4.69) is 16.7 Å². The van der Waals surface area contributed by atoms with Gasteiger partial charge < -0.3 is 19.8 Å². The van der Waals surface area contributed by atoms with E-state index in [0.29, 0.717) is 18.6 Å². The van der Waals surface area contributed by atoms with Gasteiger partial charge in [0.05, 0.1) is 17.1 Å². The Hall–Kier alpha value is -3.01. The molecule has 0 unspecified atom stereocenters. The van der Waals surface area contributed by atoms with Crippen molar-refractivity contribution in [1.82, 2.24) is 9.80 Å². The predicted octanol–water partition coefficient (Wildman–Crippen LogP) is 3.14. The van der Waals surface area contributed by atoms with Crippen molar-refractivity contribution < 1.29 is 19.7 Å². The first-order valence-corrected chi connectivity index (χ1v) is 13.7. The van der Waals surface area contributed by atoms with Crippen molar-refractivity contribution >= 4 is 5.91 Å². The fourth-order valence-corrected chi connectivity index (χ4v) is 7.85. The normalized spacial score (nSPS) is 33.1. The molecule has 5 atom stereocenters. The molecular weight excluding hydrogens is 464 g/mol. The van der Waals surface area contributed by atoms with E-state index >= 15 is 0 Å². The molecular formula is C31H34N2O4. The lowest BCUT2D eigenvalue weighted by Gasteiger charge is -2.64. The maximum absolute atomic E-state index is 13.3.